The third-order valence-corrected chi connectivity index (χ3v) is 5.20. The Morgan fingerprint density at radius 3 is 2.65 bits per heavy atom. The quantitative estimate of drug-likeness (QED) is 0.432. The topological polar surface area (TPSA) is 78.7 Å². The highest BCUT2D eigenvalue weighted by atomic mass is 35.5. The average Bonchev–Trinajstić information content (AvgIpc) is 3.06. The molecule has 0 bridgehead atoms. The van der Waals surface area contributed by atoms with Crippen molar-refractivity contribution < 1.29 is 0 Å². The molecule has 6 nitrogen and oxygen atoms in total. The molecule has 8 heteroatoms. The smallest absolute Gasteiger partial charge is 0.266 e. The van der Waals surface area contributed by atoms with Gasteiger partial charge in [-0.1, -0.05) is 47.6 Å². The van der Waals surface area contributed by atoms with E-state index in [1.807, 2.05) is 30.3 Å². The van der Waals surface area contributed by atoms with Crippen LogP contribution in [-0.2, 0) is 5.75 Å². The van der Waals surface area contributed by atoms with Gasteiger partial charge in [0, 0.05) is 12.4 Å². The maximum absolute atomic E-state index is 13.1. The number of hydrogen-bond donors (Lipinski definition) is 1. The van der Waals surface area contributed by atoms with Crippen molar-refractivity contribution >= 4 is 34.3 Å². The van der Waals surface area contributed by atoms with E-state index in [0.29, 0.717) is 38.3 Å². The van der Waals surface area contributed by atoms with Gasteiger partial charge in [-0.3, -0.25) is 9.36 Å². The highest BCUT2D eigenvalue weighted by Gasteiger charge is 2.15. The lowest BCUT2D eigenvalue weighted by Crippen LogP contribution is -2.24. The van der Waals surface area contributed by atoms with E-state index in [1.165, 1.54) is 16.4 Å². The first-order valence-electron chi connectivity index (χ1n) is 7.82. The van der Waals surface area contributed by atoms with Crippen LogP contribution >= 0.6 is 23.4 Å². The number of fused-ring (bicyclic) bond motifs is 1. The first-order valence-corrected chi connectivity index (χ1v) is 9.18. The SMILES string of the molecule is Nn1ccnc1SCc1nc2ccccc2c(=O)n1-c1ccccc1Cl. The Labute approximate surface area is 158 Å². The van der Waals surface area contributed by atoms with E-state index in [0.717, 1.165) is 0 Å². The summed E-state index contributed by atoms with van der Waals surface area (Å²) in [5.41, 5.74) is 1.09. The number of nitrogens with zero attached hydrogens (tertiary/aromatic N) is 4. The molecule has 0 aliphatic heterocycles. The predicted molar refractivity (Wildman–Crippen MR) is 104 cm³/mol. The van der Waals surface area contributed by atoms with Gasteiger partial charge in [-0.05, 0) is 24.3 Å². The number of benzene rings is 2. The molecule has 2 heterocycles. The minimum Gasteiger partial charge on any atom is -0.337 e. The monoisotopic (exact) mass is 383 g/mol. The number of para-hydroxylation sites is 2. The Hall–Kier alpha value is -2.77. The molecule has 0 aliphatic rings. The summed E-state index contributed by atoms with van der Waals surface area (Å²) in [6.07, 6.45) is 3.29. The zero-order valence-corrected chi connectivity index (χ0v) is 15.1. The second-order valence-electron chi connectivity index (χ2n) is 5.54. The molecule has 0 aliphatic carbocycles. The number of rotatable bonds is 4. The lowest BCUT2D eigenvalue weighted by atomic mass is 10.2. The Morgan fingerprint density at radius 2 is 1.88 bits per heavy atom. The van der Waals surface area contributed by atoms with E-state index < -0.39 is 0 Å². The van der Waals surface area contributed by atoms with Gasteiger partial charge in [0.05, 0.1) is 27.4 Å². The van der Waals surface area contributed by atoms with Gasteiger partial charge >= 0.3 is 0 Å². The zero-order chi connectivity index (χ0) is 18.1. The van der Waals surface area contributed by atoms with Crippen LogP contribution in [-0.4, -0.2) is 19.2 Å². The Morgan fingerprint density at radius 1 is 1.12 bits per heavy atom. The Balaban J connectivity index is 1.89. The molecule has 0 radical (unpaired) electrons. The second-order valence-corrected chi connectivity index (χ2v) is 6.89. The molecule has 0 unspecified atom stereocenters. The van der Waals surface area contributed by atoms with Crippen LogP contribution in [0, 0.1) is 0 Å². The molecule has 0 saturated heterocycles. The molecule has 2 aromatic heterocycles. The standard InChI is InChI=1S/C18H14ClN5OS/c19-13-6-2-4-8-15(13)24-16(11-26-18-21-9-10-23(18)20)22-14-7-3-1-5-12(14)17(24)25/h1-10H,11,20H2. The lowest BCUT2D eigenvalue weighted by molar-refractivity contribution is 0.843. The summed E-state index contributed by atoms with van der Waals surface area (Å²) in [5.74, 6) is 6.82. The van der Waals surface area contributed by atoms with E-state index >= 15 is 0 Å². The second kappa shape index (κ2) is 6.86. The fraction of sp³-hybridized carbons (Fsp3) is 0.0556. The minimum atomic E-state index is -0.157. The zero-order valence-electron chi connectivity index (χ0n) is 13.5. The van der Waals surface area contributed by atoms with Gasteiger partial charge < -0.3 is 5.84 Å². The van der Waals surface area contributed by atoms with Crippen LogP contribution in [0.3, 0.4) is 0 Å². The summed E-state index contributed by atoms with van der Waals surface area (Å²) < 4.78 is 2.99. The van der Waals surface area contributed by atoms with Crippen LogP contribution < -0.4 is 11.4 Å². The summed E-state index contributed by atoms with van der Waals surface area (Å²) >= 11 is 7.75. The van der Waals surface area contributed by atoms with E-state index in [-0.39, 0.29) is 5.56 Å². The molecule has 0 spiro atoms. The maximum atomic E-state index is 13.1. The van der Waals surface area contributed by atoms with Crippen molar-refractivity contribution in [2.24, 2.45) is 0 Å². The largest absolute Gasteiger partial charge is 0.337 e. The van der Waals surface area contributed by atoms with Crippen molar-refractivity contribution in [3.8, 4) is 5.69 Å². The van der Waals surface area contributed by atoms with Crippen molar-refractivity contribution in [2.75, 3.05) is 5.84 Å². The summed E-state index contributed by atoms with van der Waals surface area (Å²) in [6.45, 7) is 0. The number of hydrogen-bond acceptors (Lipinski definition) is 5. The molecule has 2 aromatic carbocycles. The number of thioether (sulfide) groups is 1. The van der Waals surface area contributed by atoms with Crippen molar-refractivity contribution in [1.82, 2.24) is 19.2 Å². The predicted octanol–water partition coefficient (Wildman–Crippen LogP) is 3.24. The van der Waals surface area contributed by atoms with Crippen molar-refractivity contribution in [3.63, 3.8) is 0 Å². The molecular weight excluding hydrogens is 370 g/mol. The van der Waals surface area contributed by atoms with E-state index in [9.17, 15) is 4.79 Å². The van der Waals surface area contributed by atoms with E-state index in [1.54, 1.807) is 35.2 Å². The molecule has 0 saturated carbocycles. The van der Waals surface area contributed by atoms with Crippen LogP contribution in [0.5, 0.6) is 0 Å². The normalized spacial score (nSPS) is 11.1. The molecular formula is C18H14ClN5OS. The first kappa shape index (κ1) is 16.7. The molecule has 4 rings (SSSR count). The lowest BCUT2D eigenvalue weighted by Gasteiger charge is -2.14. The van der Waals surface area contributed by atoms with Gasteiger partial charge in [0.2, 0.25) is 0 Å². The maximum Gasteiger partial charge on any atom is 0.266 e. The van der Waals surface area contributed by atoms with Gasteiger partial charge in [0.25, 0.3) is 5.56 Å². The van der Waals surface area contributed by atoms with Crippen molar-refractivity contribution in [3.05, 3.63) is 82.1 Å². The van der Waals surface area contributed by atoms with Gasteiger partial charge in [-0.25, -0.2) is 14.6 Å². The van der Waals surface area contributed by atoms with Crippen LogP contribution in [0.25, 0.3) is 16.6 Å². The van der Waals surface area contributed by atoms with E-state index in [2.05, 4.69) is 9.97 Å². The number of imidazole rings is 1. The van der Waals surface area contributed by atoms with Crippen molar-refractivity contribution in [2.45, 2.75) is 10.9 Å². The summed E-state index contributed by atoms with van der Waals surface area (Å²) in [7, 11) is 0. The molecule has 4 aromatic rings. The van der Waals surface area contributed by atoms with E-state index in [4.69, 9.17) is 17.4 Å². The summed E-state index contributed by atoms with van der Waals surface area (Å²) in [4.78, 5) is 22.0. The minimum absolute atomic E-state index is 0.157. The van der Waals surface area contributed by atoms with Gasteiger partial charge in [0.15, 0.2) is 5.16 Å². The van der Waals surface area contributed by atoms with Crippen LogP contribution in [0.2, 0.25) is 5.02 Å². The molecule has 130 valence electrons. The molecule has 26 heavy (non-hydrogen) atoms. The third kappa shape index (κ3) is 2.95. The van der Waals surface area contributed by atoms with Crippen LogP contribution in [0.1, 0.15) is 5.82 Å². The highest BCUT2D eigenvalue weighted by Crippen LogP contribution is 2.24. The van der Waals surface area contributed by atoms with Crippen LogP contribution in [0.15, 0.2) is 70.9 Å². The Bertz CT molecular complexity index is 1150. The number of aromatic nitrogens is 4. The van der Waals surface area contributed by atoms with Gasteiger partial charge in [-0.2, -0.15) is 0 Å². The highest BCUT2D eigenvalue weighted by molar-refractivity contribution is 7.98. The average molecular weight is 384 g/mol. The van der Waals surface area contributed by atoms with Gasteiger partial charge in [-0.15, -0.1) is 0 Å². The number of nitrogen functional groups attached to an aromatic ring is 1. The fourth-order valence-electron chi connectivity index (χ4n) is 2.70. The van der Waals surface area contributed by atoms with Gasteiger partial charge in [0.1, 0.15) is 5.82 Å². The van der Waals surface area contributed by atoms with Crippen LogP contribution in [0.4, 0.5) is 0 Å². The number of halogens is 1. The molecule has 2 N–H and O–H groups in total. The first-order chi connectivity index (χ1) is 12.6. The van der Waals surface area contributed by atoms with Crippen molar-refractivity contribution in [1.29, 1.82) is 0 Å². The Kier molecular flexibility index (Phi) is 4.40. The third-order valence-electron chi connectivity index (χ3n) is 3.90. The molecule has 0 amide bonds. The number of nitrogens with two attached hydrogens (primary N) is 1. The summed E-state index contributed by atoms with van der Waals surface area (Å²) in [5, 5.41) is 1.66. The molecule has 0 fully saturated rings. The fourth-order valence-corrected chi connectivity index (χ4v) is 3.71. The summed E-state index contributed by atoms with van der Waals surface area (Å²) in [6, 6.07) is 14.5. The molecule has 0 atom stereocenters.